The second kappa shape index (κ2) is 5.70. The van der Waals surface area contributed by atoms with E-state index in [4.69, 9.17) is 5.73 Å². The molecule has 0 saturated carbocycles. The number of hydrogen-bond donors (Lipinski definition) is 3. The van der Waals surface area contributed by atoms with Gasteiger partial charge in [0.1, 0.15) is 0 Å². The quantitative estimate of drug-likeness (QED) is 0.761. The maximum Gasteiger partial charge on any atom is 0.416 e. The number of aromatic nitrogens is 2. The van der Waals surface area contributed by atoms with Gasteiger partial charge >= 0.3 is 6.18 Å². The fourth-order valence-electron chi connectivity index (χ4n) is 1.90. The summed E-state index contributed by atoms with van der Waals surface area (Å²) in [6, 6.07) is 3.10. The van der Waals surface area contributed by atoms with Crippen molar-refractivity contribution in [3.8, 4) is 11.3 Å². The third-order valence-corrected chi connectivity index (χ3v) is 2.81. The minimum Gasteiger partial charge on any atom is -0.399 e. The molecule has 8 heteroatoms. The normalized spacial score (nSPS) is 11.7. The number of alkyl halides is 3. The fourth-order valence-corrected chi connectivity index (χ4v) is 1.90. The standard InChI is InChI=1S/C14H15F3N4O/c1-7(2)20-12-13(22)21-11(6-19-12)8-3-9(14(15,16)17)5-10(18)4-8/h3-7H,18H2,1-2H3,(H,19,20)(H,21,22). The van der Waals surface area contributed by atoms with Gasteiger partial charge in [0.25, 0.3) is 5.56 Å². The van der Waals surface area contributed by atoms with Gasteiger partial charge in [0.2, 0.25) is 0 Å². The molecule has 4 N–H and O–H groups in total. The minimum absolute atomic E-state index is 0.00338. The van der Waals surface area contributed by atoms with Gasteiger partial charge in [-0.15, -0.1) is 0 Å². The van der Waals surface area contributed by atoms with Crippen LogP contribution in [0.3, 0.4) is 0 Å². The van der Waals surface area contributed by atoms with Crippen LogP contribution in [-0.2, 0) is 6.18 Å². The first-order chi connectivity index (χ1) is 10.2. The van der Waals surface area contributed by atoms with Crippen molar-refractivity contribution in [1.82, 2.24) is 9.97 Å². The number of nitrogens with two attached hydrogens (primary N) is 1. The number of hydrogen-bond acceptors (Lipinski definition) is 4. The van der Waals surface area contributed by atoms with Gasteiger partial charge in [-0.1, -0.05) is 0 Å². The number of halogens is 3. The lowest BCUT2D eigenvalue weighted by Crippen LogP contribution is -2.21. The lowest BCUT2D eigenvalue weighted by Gasteiger charge is -2.11. The van der Waals surface area contributed by atoms with Crippen molar-refractivity contribution in [2.75, 3.05) is 11.1 Å². The number of benzene rings is 1. The van der Waals surface area contributed by atoms with Crippen LogP contribution in [0.15, 0.2) is 29.2 Å². The molecule has 0 aliphatic carbocycles. The molecule has 5 nitrogen and oxygen atoms in total. The zero-order valence-electron chi connectivity index (χ0n) is 12.0. The van der Waals surface area contributed by atoms with Crippen molar-refractivity contribution in [2.45, 2.75) is 26.1 Å². The summed E-state index contributed by atoms with van der Waals surface area (Å²) >= 11 is 0. The van der Waals surface area contributed by atoms with E-state index in [2.05, 4.69) is 15.3 Å². The number of H-pyrrole nitrogens is 1. The highest BCUT2D eigenvalue weighted by atomic mass is 19.4. The van der Waals surface area contributed by atoms with E-state index in [0.29, 0.717) is 0 Å². The Morgan fingerprint density at radius 1 is 1.27 bits per heavy atom. The minimum atomic E-state index is -4.52. The molecule has 2 aromatic rings. The maximum absolute atomic E-state index is 12.8. The van der Waals surface area contributed by atoms with Crippen LogP contribution >= 0.6 is 0 Å². The molecule has 0 bridgehead atoms. The maximum atomic E-state index is 12.8. The summed E-state index contributed by atoms with van der Waals surface area (Å²) in [5.41, 5.74) is 4.37. The van der Waals surface area contributed by atoms with Gasteiger partial charge in [0.05, 0.1) is 17.5 Å². The monoisotopic (exact) mass is 312 g/mol. The smallest absolute Gasteiger partial charge is 0.399 e. The largest absolute Gasteiger partial charge is 0.416 e. The second-order valence-electron chi connectivity index (χ2n) is 5.12. The van der Waals surface area contributed by atoms with Gasteiger partial charge in [0.15, 0.2) is 5.82 Å². The molecule has 0 aliphatic rings. The zero-order chi connectivity index (χ0) is 16.5. The second-order valence-corrected chi connectivity index (χ2v) is 5.12. The van der Waals surface area contributed by atoms with Crippen molar-refractivity contribution >= 4 is 11.5 Å². The van der Waals surface area contributed by atoms with E-state index in [-0.39, 0.29) is 28.8 Å². The summed E-state index contributed by atoms with van der Waals surface area (Å²) in [4.78, 5) is 18.3. The molecule has 0 saturated heterocycles. The van der Waals surface area contributed by atoms with Crippen molar-refractivity contribution < 1.29 is 13.2 Å². The molecule has 0 atom stereocenters. The molecule has 22 heavy (non-hydrogen) atoms. The number of nitrogens with one attached hydrogen (secondary N) is 2. The summed E-state index contributed by atoms with van der Waals surface area (Å²) in [7, 11) is 0. The molecule has 1 heterocycles. The predicted molar refractivity (Wildman–Crippen MR) is 78.5 cm³/mol. The van der Waals surface area contributed by atoms with Crippen LogP contribution in [0.5, 0.6) is 0 Å². The van der Waals surface area contributed by atoms with E-state index in [0.717, 1.165) is 12.1 Å². The van der Waals surface area contributed by atoms with Crippen LogP contribution in [0.2, 0.25) is 0 Å². The lowest BCUT2D eigenvalue weighted by atomic mass is 10.1. The van der Waals surface area contributed by atoms with E-state index < -0.39 is 17.3 Å². The Morgan fingerprint density at radius 3 is 2.50 bits per heavy atom. The number of nitrogen functional groups attached to an aromatic ring is 1. The Hall–Kier alpha value is -2.51. The van der Waals surface area contributed by atoms with Crippen molar-refractivity contribution in [2.24, 2.45) is 0 Å². The highest BCUT2D eigenvalue weighted by Crippen LogP contribution is 2.33. The summed E-state index contributed by atoms with van der Waals surface area (Å²) in [6.45, 7) is 3.67. The third-order valence-electron chi connectivity index (χ3n) is 2.81. The summed E-state index contributed by atoms with van der Waals surface area (Å²) in [5, 5.41) is 2.84. The molecular weight excluding hydrogens is 297 g/mol. The van der Waals surface area contributed by atoms with E-state index in [1.54, 1.807) is 0 Å². The molecule has 1 aromatic heterocycles. The van der Waals surface area contributed by atoms with Gasteiger partial charge in [-0.2, -0.15) is 13.2 Å². The van der Waals surface area contributed by atoms with Crippen LogP contribution < -0.4 is 16.6 Å². The average Bonchev–Trinajstić information content (AvgIpc) is 2.39. The summed E-state index contributed by atoms with van der Waals surface area (Å²) in [6.07, 6.45) is -3.22. The van der Waals surface area contributed by atoms with Crippen LogP contribution in [0.25, 0.3) is 11.3 Å². The summed E-state index contributed by atoms with van der Waals surface area (Å²) < 4.78 is 38.4. The van der Waals surface area contributed by atoms with Crippen LogP contribution in [-0.4, -0.2) is 16.0 Å². The Labute approximate surface area is 124 Å². The van der Waals surface area contributed by atoms with E-state index in [1.165, 1.54) is 12.3 Å². The Balaban J connectivity index is 2.47. The lowest BCUT2D eigenvalue weighted by molar-refractivity contribution is -0.137. The van der Waals surface area contributed by atoms with E-state index in [1.807, 2.05) is 13.8 Å². The SMILES string of the molecule is CC(C)Nc1ncc(-c2cc(N)cc(C(F)(F)F)c2)[nH]c1=O. The van der Waals surface area contributed by atoms with Crippen LogP contribution in [0, 0.1) is 0 Å². The van der Waals surface area contributed by atoms with Crippen molar-refractivity contribution in [1.29, 1.82) is 0 Å². The van der Waals surface area contributed by atoms with Gasteiger partial charge in [-0.25, -0.2) is 4.98 Å². The van der Waals surface area contributed by atoms with E-state index in [9.17, 15) is 18.0 Å². The Bertz CT molecular complexity index is 738. The van der Waals surface area contributed by atoms with Gasteiger partial charge in [-0.05, 0) is 32.0 Å². The first kappa shape index (κ1) is 15.9. The highest BCUT2D eigenvalue weighted by Gasteiger charge is 2.31. The van der Waals surface area contributed by atoms with Crippen LogP contribution in [0.4, 0.5) is 24.7 Å². The average molecular weight is 312 g/mol. The van der Waals surface area contributed by atoms with Crippen molar-refractivity contribution in [3.63, 3.8) is 0 Å². The first-order valence-corrected chi connectivity index (χ1v) is 6.51. The molecule has 2 rings (SSSR count). The molecule has 1 aromatic carbocycles. The number of rotatable bonds is 3. The molecule has 0 spiro atoms. The molecule has 0 unspecified atom stereocenters. The van der Waals surface area contributed by atoms with Gasteiger partial charge in [-0.3, -0.25) is 4.79 Å². The Morgan fingerprint density at radius 2 is 1.95 bits per heavy atom. The molecule has 0 fully saturated rings. The van der Waals surface area contributed by atoms with Crippen LogP contribution in [0.1, 0.15) is 19.4 Å². The summed E-state index contributed by atoms with van der Waals surface area (Å²) in [5.74, 6) is 0.110. The number of aromatic amines is 1. The molecule has 0 aliphatic heterocycles. The zero-order valence-corrected chi connectivity index (χ0v) is 12.0. The fraction of sp³-hybridized carbons (Fsp3) is 0.286. The van der Waals surface area contributed by atoms with Gasteiger partial charge < -0.3 is 16.0 Å². The number of anilines is 2. The molecule has 0 amide bonds. The predicted octanol–water partition coefficient (Wildman–Crippen LogP) is 2.86. The first-order valence-electron chi connectivity index (χ1n) is 6.51. The third kappa shape index (κ3) is 3.57. The molecule has 0 radical (unpaired) electrons. The Kier molecular flexibility index (Phi) is 4.11. The van der Waals surface area contributed by atoms with E-state index >= 15 is 0 Å². The molecule has 118 valence electrons. The topological polar surface area (TPSA) is 83.8 Å². The molecular formula is C14H15F3N4O. The van der Waals surface area contributed by atoms with Gasteiger partial charge in [0, 0.05) is 17.3 Å². The van der Waals surface area contributed by atoms with Crippen molar-refractivity contribution in [3.05, 3.63) is 40.3 Å². The highest BCUT2D eigenvalue weighted by molar-refractivity contribution is 5.65. The number of nitrogens with zero attached hydrogens (tertiary/aromatic N) is 1.